The van der Waals surface area contributed by atoms with Crippen molar-refractivity contribution in [3.05, 3.63) is 64.1 Å². The Bertz CT molecular complexity index is 988. The van der Waals surface area contributed by atoms with E-state index >= 15 is 0 Å². The zero-order chi connectivity index (χ0) is 18.8. The minimum atomic E-state index is 0.0902. The van der Waals surface area contributed by atoms with Gasteiger partial charge in [-0.3, -0.25) is 9.36 Å². The van der Waals surface area contributed by atoms with Gasteiger partial charge in [-0.2, -0.15) is 4.98 Å². The van der Waals surface area contributed by atoms with Gasteiger partial charge in [0, 0.05) is 35.7 Å². The molecule has 0 saturated heterocycles. The maximum atomic E-state index is 13.4. The van der Waals surface area contributed by atoms with E-state index in [0.717, 1.165) is 35.0 Å². The SMILES string of the molecule is CC(C)Nc1ncc2cc(Cc3ccccc3)c(=O)n(C3CCCC3)c2n1. The summed E-state index contributed by atoms with van der Waals surface area (Å²) in [5.74, 6) is 0.583. The Balaban J connectivity index is 1.86. The van der Waals surface area contributed by atoms with Gasteiger partial charge in [-0.05, 0) is 38.3 Å². The fraction of sp³-hybridized carbons (Fsp3) is 0.409. The van der Waals surface area contributed by atoms with E-state index in [0.29, 0.717) is 12.4 Å². The van der Waals surface area contributed by atoms with Gasteiger partial charge in [0.15, 0.2) is 0 Å². The summed E-state index contributed by atoms with van der Waals surface area (Å²) < 4.78 is 1.94. The van der Waals surface area contributed by atoms with Gasteiger partial charge in [0.2, 0.25) is 5.95 Å². The van der Waals surface area contributed by atoms with E-state index in [-0.39, 0.29) is 17.6 Å². The van der Waals surface area contributed by atoms with Crippen molar-refractivity contribution in [2.75, 3.05) is 5.32 Å². The predicted molar refractivity (Wildman–Crippen MR) is 109 cm³/mol. The van der Waals surface area contributed by atoms with Gasteiger partial charge in [-0.15, -0.1) is 0 Å². The minimum absolute atomic E-state index is 0.0902. The zero-order valence-corrected chi connectivity index (χ0v) is 16.0. The van der Waals surface area contributed by atoms with E-state index < -0.39 is 0 Å². The number of hydrogen-bond donors (Lipinski definition) is 1. The van der Waals surface area contributed by atoms with Crippen LogP contribution in [0.4, 0.5) is 5.95 Å². The second kappa shape index (κ2) is 7.51. The maximum absolute atomic E-state index is 13.4. The summed E-state index contributed by atoms with van der Waals surface area (Å²) in [4.78, 5) is 22.6. The Morgan fingerprint density at radius 2 is 1.93 bits per heavy atom. The molecule has 5 heteroatoms. The Morgan fingerprint density at radius 1 is 1.19 bits per heavy atom. The molecule has 0 unspecified atom stereocenters. The molecular weight excluding hydrogens is 336 g/mol. The summed E-state index contributed by atoms with van der Waals surface area (Å²) in [7, 11) is 0. The Morgan fingerprint density at radius 3 is 2.63 bits per heavy atom. The highest BCUT2D eigenvalue weighted by molar-refractivity contribution is 5.76. The van der Waals surface area contributed by atoms with Crippen molar-refractivity contribution < 1.29 is 0 Å². The van der Waals surface area contributed by atoms with Crippen molar-refractivity contribution in [2.45, 2.75) is 58.0 Å². The minimum Gasteiger partial charge on any atom is -0.352 e. The number of nitrogens with zero attached hydrogens (tertiary/aromatic N) is 3. The van der Waals surface area contributed by atoms with Gasteiger partial charge in [0.05, 0.1) is 0 Å². The summed E-state index contributed by atoms with van der Waals surface area (Å²) in [5, 5.41) is 4.18. The third-order valence-electron chi connectivity index (χ3n) is 5.19. The van der Waals surface area contributed by atoms with Crippen molar-refractivity contribution in [3.8, 4) is 0 Å². The summed E-state index contributed by atoms with van der Waals surface area (Å²) in [6, 6.07) is 12.6. The zero-order valence-electron chi connectivity index (χ0n) is 16.0. The van der Waals surface area contributed by atoms with Gasteiger partial charge in [-0.1, -0.05) is 43.2 Å². The van der Waals surface area contributed by atoms with Crippen LogP contribution in [0, 0.1) is 0 Å². The molecule has 2 heterocycles. The number of anilines is 1. The second-order valence-electron chi connectivity index (χ2n) is 7.72. The quantitative estimate of drug-likeness (QED) is 0.734. The van der Waals surface area contributed by atoms with Gasteiger partial charge < -0.3 is 5.32 Å². The molecule has 1 aliphatic carbocycles. The first-order chi connectivity index (χ1) is 13.1. The van der Waals surface area contributed by atoms with Crippen molar-refractivity contribution in [1.29, 1.82) is 0 Å². The Hall–Kier alpha value is -2.69. The highest BCUT2D eigenvalue weighted by atomic mass is 16.1. The van der Waals surface area contributed by atoms with Gasteiger partial charge in [-0.25, -0.2) is 4.98 Å². The number of nitrogens with one attached hydrogen (secondary N) is 1. The monoisotopic (exact) mass is 362 g/mol. The van der Waals surface area contributed by atoms with E-state index in [1.807, 2.05) is 35.0 Å². The molecule has 27 heavy (non-hydrogen) atoms. The van der Waals surface area contributed by atoms with Crippen LogP contribution in [0.15, 0.2) is 47.4 Å². The number of fused-ring (bicyclic) bond motifs is 1. The lowest BCUT2D eigenvalue weighted by molar-refractivity contribution is 0.513. The predicted octanol–water partition coefficient (Wildman–Crippen LogP) is 4.32. The molecule has 2 aromatic heterocycles. The Kier molecular flexibility index (Phi) is 4.92. The molecule has 0 amide bonds. The van der Waals surface area contributed by atoms with Gasteiger partial charge in [0.1, 0.15) is 5.65 Å². The molecule has 0 aliphatic heterocycles. The summed E-state index contributed by atoms with van der Waals surface area (Å²) in [5.41, 5.74) is 2.80. The van der Waals surface area contributed by atoms with Crippen LogP contribution in [0.2, 0.25) is 0 Å². The highest BCUT2D eigenvalue weighted by Gasteiger charge is 2.22. The molecule has 5 nitrogen and oxygen atoms in total. The lowest BCUT2D eigenvalue weighted by atomic mass is 10.0. The number of rotatable bonds is 5. The molecule has 0 bridgehead atoms. The molecule has 140 valence electrons. The Labute approximate surface area is 159 Å². The van der Waals surface area contributed by atoms with Crippen LogP contribution in [0.25, 0.3) is 11.0 Å². The van der Waals surface area contributed by atoms with Crippen LogP contribution in [0.3, 0.4) is 0 Å². The maximum Gasteiger partial charge on any atom is 0.256 e. The largest absolute Gasteiger partial charge is 0.352 e. The second-order valence-corrected chi connectivity index (χ2v) is 7.72. The molecule has 1 aliphatic rings. The van der Waals surface area contributed by atoms with Gasteiger partial charge >= 0.3 is 0 Å². The van der Waals surface area contributed by atoms with E-state index in [9.17, 15) is 4.79 Å². The molecule has 0 radical (unpaired) electrons. The third kappa shape index (κ3) is 3.72. The molecule has 3 aromatic rings. The van der Waals surface area contributed by atoms with Crippen molar-refractivity contribution in [1.82, 2.24) is 14.5 Å². The average molecular weight is 362 g/mol. The summed E-state index contributed by atoms with van der Waals surface area (Å²) >= 11 is 0. The molecule has 1 aromatic carbocycles. The van der Waals surface area contributed by atoms with Crippen LogP contribution in [0.5, 0.6) is 0 Å². The first-order valence-corrected chi connectivity index (χ1v) is 9.83. The number of benzene rings is 1. The fourth-order valence-corrected chi connectivity index (χ4v) is 3.95. The fourth-order valence-electron chi connectivity index (χ4n) is 3.95. The molecule has 1 N–H and O–H groups in total. The smallest absolute Gasteiger partial charge is 0.256 e. The van der Waals surface area contributed by atoms with Crippen LogP contribution in [-0.4, -0.2) is 20.6 Å². The van der Waals surface area contributed by atoms with Crippen LogP contribution < -0.4 is 10.9 Å². The van der Waals surface area contributed by atoms with Gasteiger partial charge in [0.25, 0.3) is 5.56 Å². The average Bonchev–Trinajstić information content (AvgIpc) is 3.17. The van der Waals surface area contributed by atoms with E-state index in [4.69, 9.17) is 4.98 Å². The number of pyridine rings is 1. The first kappa shape index (κ1) is 17.7. The highest BCUT2D eigenvalue weighted by Crippen LogP contribution is 2.31. The van der Waals surface area contributed by atoms with Crippen LogP contribution >= 0.6 is 0 Å². The third-order valence-corrected chi connectivity index (χ3v) is 5.19. The lowest BCUT2D eigenvalue weighted by Crippen LogP contribution is -2.28. The van der Waals surface area contributed by atoms with Crippen LogP contribution in [-0.2, 0) is 6.42 Å². The summed E-state index contributed by atoms with van der Waals surface area (Å²) in [6.45, 7) is 4.11. The normalized spacial score (nSPS) is 14.9. The molecule has 0 atom stereocenters. The van der Waals surface area contributed by atoms with E-state index in [1.54, 1.807) is 0 Å². The van der Waals surface area contributed by atoms with E-state index in [2.05, 4.69) is 36.3 Å². The lowest BCUT2D eigenvalue weighted by Gasteiger charge is -2.19. The topological polar surface area (TPSA) is 59.8 Å². The molecule has 4 rings (SSSR count). The first-order valence-electron chi connectivity index (χ1n) is 9.83. The van der Waals surface area contributed by atoms with Crippen molar-refractivity contribution >= 4 is 17.0 Å². The van der Waals surface area contributed by atoms with E-state index in [1.165, 1.54) is 12.8 Å². The number of aromatic nitrogens is 3. The summed E-state index contributed by atoms with van der Waals surface area (Å²) in [6.07, 6.45) is 6.90. The standard InChI is InChI=1S/C22H26N4O/c1-15(2)24-22-23-14-18-13-17(12-16-8-4-3-5-9-16)21(27)26(20(18)25-22)19-10-6-7-11-19/h3-5,8-9,13-15,19H,6-7,10-12H2,1-2H3,(H,23,24,25). The van der Waals surface area contributed by atoms with Crippen molar-refractivity contribution in [3.63, 3.8) is 0 Å². The molecule has 0 spiro atoms. The molecule has 1 fully saturated rings. The number of hydrogen-bond acceptors (Lipinski definition) is 4. The molecule has 1 saturated carbocycles. The van der Waals surface area contributed by atoms with Crippen LogP contribution in [0.1, 0.15) is 56.7 Å². The van der Waals surface area contributed by atoms with Crippen molar-refractivity contribution in [2.24, 2.45) is 0 Å². The molecular formula is C22H26N4O.